The summed E-state index contributed by atoms with van der Waals surface area (Å²) in [5.41, 5.74) is -0.212. The highest BCUT2D eigenvalue weighted by atomic mass is 35.5. The van der Waals surface area contributed by atoms with Crippen molar-refractivity contribution in [2.45, 2.75) is 6.54 Å². The smallest absolute Gasteiger partial charge is 0.288 e. The maximum atomic E-state index is 13.6. The molecule has 0 bridgehead atoms. The van der Waals surface area contributed by atoms with Crippen LogP contribution in [0.15, 0.2) is 36.4 Å². The zero-order chi connectivity index (χ0) is 17.1. The Hall–Kier alpha value is -2.54. The van der Waals surface area contributed by atoms with Gasteiger partial charge in [-0.25, -0.2) is 8.78 Å². The minimum atomic E-state index is -0.772. The van der Waals surface area contributed by atoms with Gasteiger partial charge in [-0.15, -0.1) is 0 Å². The number of nitro groups is 1. The summed E-state index contributed by atoms with van der Waals surface area (Å²) in [4.78, 5) is 23.6. The van der Waals surface area contributed by atoms with E-state index in [9.17, 15) is 23.7 Å². The van der Waals surface area contributed by atoms with E-state index >= 15 is 0 Å². The van der Waals surface area contributed by atoms with Crippen LogP contribution >= 0.6 is 11.6 Å². The standard InChI is InChI=1S/C15H11ClF2N2O3/c1-19(8-10-2-4-11(17)7-13(10)18)15(21)9-3-5-12(16)14(6-9)20(22)23/h2-7H,8H2,1H3. The number of amides is 1. The van der Waals surface area contributed by atoms with Gasteiger partial charge in [-0.1, -0.05) is 17.7 Å². The van der Waals surface area contributed by atoms with E-state index in [-0.39, 0.29) is 28.4 Å². The largest absolute Gasteiger partial charge is 0.337 e. The van der Waals surface area contributed by atoms with Crippen LogP contribution in [-0.2, 0) is 6.54 Å². The average molecular weight is 341 g/mol. The lowest BCUT2D eigenvalue weighted by atomic mass is 10.1. The topological polar surface area (TPSA) is 63.5 Å². The van der Waals surface area contributed by atoms with Crippen molar-refractivity contribution in [3.63, 3.8) is 0 Å². The van der Waals surface area contributed by atoms with Crippen LogP contribution in [0.4, 0.5) is 14.5 Å². The van der Waals surface area contributed by atoms with Gasteiger partial charge in [0.25, 0.3) is 11.6 Å². The van der Waals surface area contributed by atoms with Crippen molar-refractivity contribution in [3.05, 3.63) is 74.3 Å². The zero-order valence-corrected chi connectivity index (χ0v) is 12.7. The molecule has 0 aliphatic heterocycles. The quantitative estimate of drug-likeness (QED) is 0.628. The van der Waals surface area contributed by atoms with Gasteiger partial charge < -0.3 is 4.90 Å². The lowest BCUT2D eigenvalue weighted by Crippen LogP contribution is -2.26. The predicted molar refractivity (Wildman–Crippen MR) is 80.3 cm³/mol. The first kappa shape index (κ1) is 16.8. The second kappa shape index (κ2) is 6.70. The second-order valence-electron chi connectivity index (χ2n) is 4.82. The summed E-state index contributed by atoms with van der Waals surface area (Å²) in [6.45, 7) is -0.110. The molecule has 0 radical (unpaired) electrons. The van der Waals surface area contributed by atoms with Crippen molar-refractivity contribution in [2.24, 2.45) is 0 Å². The van der Waals surface area contributed by atoms with Crippen LogP contribution in [0, 0.1) is 21.7 Å². The molecule has 0 spiro atoms. The van der Waals surface area contributed by atoms with E-state index in [0.717, 1.165) is 18.2 Å². The Morgan fingerprint density at radius 2 is 1.96 bits per heavy atom. The third-order valence-corrected chi connectivity index (χ3v) is 3.48. The second-order valence-corrected chi connectivity index (χ2v) is 5.23. The Balaban J connectivity index is 2.23. The number of hydrogen-bond donors (Lipinski definition) is 0. The molecule has 0 aromatic heterocycles. The molecule has 2 aromatic carbocycles. The summed E-state index contributed by atoms with van der Waals surface area (Å²) in [5, 5.41) is 10.8. The van der Waals surface area contributed by atoms with Crippen molar-refractivity contribution in [1.82, 2.24) is 4.90 Å². The lowest BCUT2D eigenvalue weighted by Gasteiger charge is -2.17. The first-order valence-electron chi connectivity index (χ1n) is 6.43. The number of rotatable bonds is 4. The van der Waals surface area contributed by atoms with Crippen LogP contribution < -0.4 is 0 Å². The fourth-order valence-electron chi connectivity index (χ4n) is 1.98. The summed E-state index contributed by atoms with van der Waals surface area (Å²) < 4.78 is 26.5. The molecular formula is C15H11ClF2N2O3. The van der Waals surface area contributed by atoms with Gasteiger partial charge in [0, 0.05) is 36.9 Å². The van der Waals surface area contributed by atoms with Gasteiger partial charge in [0.2, 0.25) is 0 Å². The predicted octanol–water partition coefficient (Wildman–Crippen LogP) is 3.80. The summed E-state index contributed by atoms with van der Waals surface area (Å²) in [6.07, 6.45) is 0. The molecule has 0 unspecified atom stereocenters. The van der Waals surface area contributed by atoms with E-state index in [2.05, 4.69) is 0 Å². The summed E-state index contributed by atoms with van der Waals surface area (Å²) in [6, 6.07) is 6.69. The third-order valence-electron chi connectivity index (χ3n) is 3.16. The van der Waals surface area contributed by atoms with Crippen LogP contribution in [0.25, 0.3) is 0 Å². The monoisotopic (exact) mass is 340 g/mol. The molecule has 8 heteroatoms. The molecule has 0 aliphatic carbocycles. The molecule has 0 atom stereocenters. The molecular weight excluding hydrogens is 330 g/mol. The fourth-order valence-corrected chi connectivity index (χ4v) is 2.17. The molecule has 2 rings (SSSR count). The van der Waals surface area contributed by atoms with Crippen molar-refractivity contribution in [3.8, 4) is 0 Å². The first-order chi connectivity index (χ1) is 10.8. The maximum absolute atomic E-state index is 13.6. The lowest BCUT2D eigenvalue weighted by molar-refractivity contribution is -0.384. The number of benzene rings is 2. The van der Waals surface area contributed by atoms with Gasteiger partial charge >= 0.3 is 0 Å². The molecule has 23 heavy (non-hydrogen) atoms. The molecule has 0 N–H and O–H groups in total. The molecule has 0 saturated carbocycles. The van der Waals surface area contributed by atoms with Gasteiger partial charge in [0.15, 0.2) is 0 Å². The molecule has 120 valence electrons. The summed E-state index contributed by atoms with van der Waals surface area (Å²) in [7, 11) is 1.41. The molecule has 1 amide bonds. The highest BCUT2D eigenvalue weighted by molar-refractivity contribution is 6.32. The van der Waals surface area contributed by atoms with Gasteiger partial charge in [0.1, 0.15) is 16.7 Å². The SMILES string of the molecule is CN(Cc1ccc(F)cc1F)C(=O)c1ccc(Cl)c([N+](=O)[O-])c1. The van der Waals surface area contributed by atoms with E-state index in [0.29, 0.717) is 0 Å². The number of carbonyl (C=O) groups excluding carboxylic acids is 1. The molecule has 5 nitrogen and oxygen atoms in total. The highest BCUT2D eigenvalue weighted by Gasteiger charge is 2.19. The third kappa shape index (κ3) is 3.81. The Labute approximate surface area is 135 Å². The zero-order valence-electron chi connectivity index (χ0n) is 11.9. The van der Waals surface area contributed by atoms with Crippen molar-refractivity contribution in [2.75, 3.05) is 7.05 Å². The van der Waals surface area contributed by atoms with Crippen LogP contribution in [0.2, 0.25) is 5.02 Å². The normalized spacial score (nSPS) is 10.4. The van der Waals surface area contributed by atoms with Crippen LogP contribution in [0.1, 0.15) is 15.9 Å². The number of carbonyl (C=O) groups is 1. The Morgan fingerprint density at radius 1 is 1.26 bits per heavy atom. The number of halogens is 3. The van der Waals surface area contributed by atoms with Crippen molar-refractivity contribution >= 4 is 23.2 Å². The molecule has 0 heterocycles. The van der Waals surface area contributed by atoms with Crippen LogP contribution in [0.5, 0.6) is 0 Å². The average Bonchev–Trinajstić information content (AvgIpc) is 2.49. The highest BCUT2D eigenvalue weighted by Crippen LogP contribution is 2.25. The summed E-state index contributed by atoms with van der Waals surface area (Å²) >= 11 is 5.69. The van der Waals surface area contributed by atoms with Gasteiger partial charge in [-0.05, 0) is 18.2 Å². The Kier molecular flexibility index (Phi) is 4.90. The number of hydrogen-bond acceptors (Lipinski definition) is 3. The molecule has 0 saturated heterocycles. The summed E-state index contributed by atoms with van der Waals surface area (Å²) in [5.74, 6) is -2.03. The number of nitro benzene ring substituents is 1. The van der Waals surface area contributed by atoms with Crippen LogP contribution in [0.3, 0.4) is 0 Å². The molecule has 2 aromatic rings. The van der Waals surface area contributed by atoms with E-state index in [4.69, 9.17) is 11.6 Å². The van der Waals surface area contributed by atoms with Gasteiger partial charge in [-0.3, -0.25) is 14.9 Å². The maximum Gasteiger partial charge on any atom is 0.288 e. The van der Waals surface area contributed by atoms with E-state index in [1.54, 1.807) is 0 Å². The first-order valence-corrected chi connectivity index (χ1v) is 6.80. The molecule has 0 aliphatic rings. The fraction of sp³-hybridized carbons (Fsp3) is 0.133. The van der Waals surface area contributed by atoms with Gasteiger partial charge in [-0.2, -0.15) is 0 Å². The van der Waals surface area contributed by atoms with Crippen molar-refractivity contribution in [1.29, 1.82) is 0 Å². The van der Waals surface area contributed by atoms with E-state index in [1.165, 1.54) is 30.1 Å². The van der Waals surface area contributed by atoms with Gasteiger partial charge in [0.05, 0.1) is 4.92 Å². The van der Waals surface area contributed by atoms with Crippen molar-refractivity contribution < 1.29 is 18.5 Å². The Bertz CT molecular complexity index is 783. The molecule has 0 fully saturated rings. The van der Waals surface area contributed by atoms with E-state index < -0.39 is 22.5 Å². The Morgan fingerprint density at radius 3 is 2.57 bits per heavy atom. The van der Waals surface area contributed by atoms with E-state index in [1.807, 2.05) is 0 Å². The minimum absolute atomic E-state index is 0.0473. The minimum Gasteiger partial charge on any atom is -0.337 e. The number of nitrogens with zero attached hydrogens (tertiary/aromatic N) is 2. The van der Waals surface area contributed by atoms with Crippen LogP contribution in [-0.4, -0.2) is 22.8 Å².